The Bertz CT molecular complexity index is 986. The Morgan fingerprint density at radius 3 is 2.48 bits per heavy atom. The molecule has 0 N–H and O–H groups in total. The maximum absolute atomic E-state index is 11.3. The summed E-state index contributed by atoms with van der Waals surface area (Å²) in [4.78, 5) is 12.5. The molecule has 4 rings (SSSR count). The second kappa shape index (κ2) is 6.91. The molecule has 122 valence electrons. The van der Waals surface area contributed by atoms with E-state index in [1.54, 1.807) is 11.3 Å². The van der Waals surface area contributed by atoms with Gasteiger partial charge in [-0.15, -0.1) is 11.3 Å². The van der Waals surface area contributed by atoms with Crippen LogP contribution in [0.1, 0.15) is 15.9 Å². The van der Waals surface area contributed by atoms with Crippen molar-refractivity contribution in [1.82, 2.24) is 0 Å². The lowest BCUT2D eigenvalue weighted by atomic mass is 10.1. The lowest BCUT2D eigenvalue weighted by Gasteiger charge is -2.10. The van der Waals surface area contributed by atoms with Crippen LogP contribution in [0.15, 0.2) is 78.9 Å². The highest BCUT2D eigenvalue weighted by atomic mass is 32.1. The summed E-state index contributed by atoms with van der Waals surface area (Å²) in [6, 6.07) is 26.2. The van der Waals surface area contributed by atoms with Gasteiger partial charge in [-0.25, -0.2) is 0 Å². The van der Waals surface area contributed by atoms with Crippen molar-refractivity contribution >= 4 is 27.7 Å². The van der Waals surface area contributed by atoms with E-state index in [2.05, 4.69) is 18.2 Å². The molecular weight excluding hydrogens is 328 g/mol. The molecule has 0 saturated heterocycles. The molecular formula is C22H16O2S. The summed E-state index contributed by atoms with van der Waals surface area (Å²) in [5, 5.41) is 1.23. The molecule has 0 aliphatic rings. The Hall–Kier alpha value is -2.91. The van der Waals surface area contributed by atoms with E-state index < -0.39 is 0 Å². The minimum atomic E-state index is 0.442. The average Bonchev–Trinajstić information content (AvgIpc) is 3.11. The number of fused-ring (bicyclic) bond motifs is 1. The van der Waals surface area contributed by atoms with Crippen LogP contribution in [-0.4, -0.2) is 6.29 Å². The smallest absolute Gasteiger partial charge is 0.153 e. The van der Waals surface area contributed by atoms with Crippen molar-refractivity contribution in [3.63, 3.8) is 0 Å². The number of carbonyl (C=O) groups excluding carboxylic acids is 1. The molecule has 0 aliphatic carbocycles. The number of aldehydes is 1. The van der Waals surface area contributed by atoms with Gasteiger partial charge in [0.2, 0.25) is 0 Å². The largest absolute Gasteiger partial charge is 0.488 e. The zero-order valence-corrected chi connectivity index (χ0v) is 14.3. The van der Waals surface area contributed by atoms with E-state index in [-0.39, 0.29) is 0 Å². The van der Waals surface area contributed by atoms with Crippen LogP contribution in [0.3, 0.4) is 0 Å². The maximum Gasteiger partial charge on any atom is 0.153 e. The lowest BCUT2D eigenvalue weighted by Crippen LogP contribution is -1.98. The number of rotatable bonds is 5. The van der Waals surface area contributed by atoms with Crippen molar-refractivity contribution in [3.8, 4) is 16.2 Å². The van der Waals surface area contributed by atoms with Gasteiger partial charge in [-0.2, -0.15) is 0 Å². The summed E-state index contributed by atoms with van der Waals surface area (Å²) in [5.41, 5.74) is 2.71. The lowest BCUT2D eigenvalue weighted by molar-refractivity contribution is 0.111. The first-order chi connectivity index (χ1) is 12.3. The van der Waals surface area contributed by atoms with Gasteiger partial charge in [0.15, 0.2) is 6.29 Å². The third-order valence-electron chi connectivity index (χ3n) is 4.09. The minimum absolute atomic E-state index is 0.442. The van der Waals surface area contributed by atoms with Gasteiger partial charge in [0.1, 0.15) is 12.4 Å². The molecule has 0 radical (unpaired) electrons. The van der Waals surface area contributed by atoms with Gasteiger partial charge in [-0.05, 0) is 40.8 Å². The summed E-state index contributed by atoms with van der Waals surface area (Å²) < 4.78 is 7.18. The van der Waals surface area contributed by atoms with Crippen LogP contribution in [-0.2, 0) is 6.61 Å². The number of hydrogen-bond donors (Lipinski definition) is 0. The molecule has 1 aromatic heterocycles. The quantitative estimate of drug-likeness (QED) is 0.418. The number of benzene rings is 3. The van der Waals surface area contributed by atoms with Gasteiger partial charge in [0.05, 0.1) is 5.56 Å². The molecule has 0 aliphatic heterocycles. The molecule has 4 aromatic rings. The molecule has 0 unspecified atom stereocenters. The predicted molar refractivity (Wildman–Crippen MR) is 103 cm³/mol. The highest BCUT2D eigenvalue weighted by Gasteiger charge is 2.09. The van der Waals surface area contributed by atoms with Crippen LogP contribution in [0.25, 0.3) is 20.5 Å². The van der Waals surface area contributed by atoms with E-state index in [1.807, 2.05) is 60.7 Å². The van der Waals surface area contributed by atoms with Crippen molar-refractivity contribution in [2.45, 2.75) is 6.61 Å². The molecule has 25 heavy (non-hydrogen) atoms. The van der Waals surface area contributed by atoms with Crippen LogP contribution < -0.4 is 4.74 Å². The molecule has 3 heteroatoms. The van der Waals surface area contributed by atoms with E-state index in [9.17, 15) is 4.79 Å². The molecule has 0 saturated carbocycles. The van der Waals surface area contributed by atoms with E-state index in [0.29, 0.717) is 17.9 Å². The van der Waals surface area contributed by atoms with Crippen molar-refractivity contribution in [1.29, 1.82) is 0 Å². The molecule has 1 heterocycles. The van der Waals surface area contributed by atoms with E-state index in [0.717, 1.165) is 17.4 Å². The molecule has 3 aromatic carbocycles. The fraction of sp³-hybridized carbons (Fsp3) is 0.0455. The van der Waals surface area contributed by atoms with Gasteiger partial charge >= 0.3 is 0 Å². The fourth-order valence-corrected chi connectivity index (χ4v) is 3.83. The third-order valence-corrected chi connectivity index (χ3v) is 5.25. The van der Waals surface area contributed by atoms with E-state index in [4.69, 9.17) is 4.74 Å². The van der Waals surface area contributed by atoms with Crippen molar-refractivity contribution in [3.05, 3.63) is 90.0 Å². The van der Waals surface area contributed by atoms with Crippen molar-refractivity contribution in [2.24, 2.45) is 0 Å². The molecule has 0 atom stereocenters. The summed E-state index contributed by atoms with van der Waals surface area (Å²) in [6.45, 7) is 0.442. The standard InChI is InChI=1S/C22H16O2S/c23-14-19-11-10-18(22-13-17-8-4-5-9-21(17)25-22)12-20(19)24-15-16-6-2-1-3-7-16/h1-14H,15H2. The second-order valence-corrected chi connectivity index (χ2v) is 6.88. The fourth-order valence-electron chi connectivity index (χ4n) is 2.77. The van der Waals surface area contributed by atoms with Crippen LogP contribution in [0.5, 0.6) is 5.75 Å². The molecule has 0 bridgehead atoms. The van der Waals surface area contributed by atoms with Crippen LogP contribution in [0.4, 0.5) is 0 Å². The first-order valence-electron chi connectivity index (χ1n) is 8.08. The Morgan fingerprint density at radius 1 is 0.880 bits per heavy atom. The Labute approximate surface area is 150 Å². The van der Waals surface area contributed by atoms with Crippen LogP contribution >= 0.6 is 11.3 Å². The van der Waals surface area contributed by atoms with Gasteiger partial charge in [0, 0.05) is 9.58 Å². The minimum Gasteiger partial charge on any atom is -0.488 e. The molecule has 0 amide bonds. The maximum atomic E-state index is 11.3. The molecule has 2 nitrogen and oxygen atoms in total. The predicted octanol–water partition coefficient (Wildman–Crippen LogP) is 5.96. The number of ether oxygens (including phenoxy) is 1. The number of hydrogen-bond acceptors (Lipinski definition) is 3. The Morgan fingerprint density at radius 2 is 1.68 bits per heavy atom. The first-order valence-corrected chi connectivity index (χ1v) is 8.90. The van der Waals surface area contributed by atoms with Crippen LogP contribution in [0.2, 0.25) is 0 Å². The SMILES string of the molecule is O=Cc1ccc(-c2cc3ccccc3s2)cc1OCc1ccccc1. The van der Waals surface area contributed by atoms with Gasteiger partial charge in [0.25, 0.3) is 0 Å². The van der Waals surface area contributed by atoms with Gasteiger partial charge in [-0.3, -0.25) is 4.79 Å². The van der Waals surface area contributed by atoms with Gasteiger partial charge < -0.3 is 4.74 Å². The zero-order chi connectivity index (χ0) is 17.1. The van der Waals surface area contributed by atoms with E-state index >= 15 is 0 Å². The Balaban J connectivity index is 1.66. The van der Waals surface area contributed by atoms with Crippen LogP contribution in [0, 0.1) is 0 Å². The van der Waals surface area contributed by atoms with E-state index in [1.165, 1.54) is 15.0 Å². The summed E-state index contributed by atoms with van der Waals surface area (Å²) >= 11 is 1.74. The summed E-state index contributed by atoms with van der Waals surface area (Å²) in [5.74, 6) is 0.619. The van der Waals surface area contributed by atoms with Gasteiger partial charge in [-0.1, -0.05) is 54.6 Å². The second-order valence-electron chi connectivity index (χ2n) is 5.79. The topological polar surface area (TPSA) is 26.3 Å². The highest BCUT2D eigenvalue weighted by molar-refractivity contribution is 7.22. The monoisotopic (exact) mass is 344 g/mol. The van der Waals surface area contributed by atoms with Crippen molar-refractivity contribution < 1.29 is 9.53 Å². The summed E-state index contributed by atoms with van der Waals surface area (Å²) in [7, 11) is 0. The molecule has 0 spiro atoms. The zero-order valence-electron chi connectivity index (χ0n) is 13.5. The number of thiophene rings is 1. The average molecular weight is 344 g/mol. The Kier molecular flexibility index (Phi) is 4.32. The highest BCUT2D eigenvalue weighted by Crippen LogP contribution is 2.35. The summed E-state index contributed by atoms with van der Waals surface area (Å²) in [6.07, 6.45) is 0.842. The third kappa shape index (κ3) is 3.32. The normalized spacial score (nSPS) is 10.7. The van der Waals surface area contributed by atoms with Crippen molar-refractivity contribution in [2.75, 3.05) is 0 Å². The number of carbonyl (C=O) groups is 1. The molecule has 0 fully saturated rings. The first kappa shape index (κ1) is 15.6.